The third-order valence-corrected chi connectivity index (χ3v) is 4.53. The molecule has 2 heterocycles. The molecule has 2 aromatic carbocycles. The van der Waals surface area contributed by atoms with Crippen LogP contribution in [0, 0.1) is 5.82 Å². The van der Waals surface area contributed by atoms with Crippen LogP contribution in [0.4, 0.5) is 4.39 Å². The predicted octanol–water partition coefficient (Wildman–Crippen LogP) is 4.41. The second kappa shape index (κ2) is 7.96. The molecule has 5 heteroatoms. The number of amides is 1. The minimum Gasteiger partial charge on any atom is -0.352 e. The first kappa shape index (κ1) is 17.8. The van der Waals surface area contributed by atoms with Crippen molar-refractivity contribution in [2.45, 2.75) is 6.42 Å². The molecule has 0 radical (unpaired) electrons. The Morgan fingerprint density at radius 2 is 1.82 bits per heavy atom. The monoisotopic (exact) mass is 371 g/mol. The van der Waals surface area contributed by atoms with Crippen LogP contribution in [-0.4, -0.2) is 22.4 Å². The summed E-state index contributed by atoms with van der Waals surface area (Å²) in [5.74, 6) is -0.426. The molecule has 0 saturated carbocycles. The van der Waals surface area contributed by atoms with Gasteiger partial charge >= 0.3 is 0 Å². The average Bonchev–Trinajstić information content (AvgIpc) is 2.75. The lowest BCUT2D eigenvalue weighted by molar-refractivity contribution is 0.0955. The number of para-hydroxylation sites is 1. The van der Waals surface area contributed by atoms with Gasteiger partial charge in [-0.2, -0.15) is 0 Å². The van der Waals surface area contributed by atoms with E-state index in [1.54, 1.807) is 30.6 Å². The van der Waals surface area contributed by atoms with Gasteiger partial charge in [-0.3, -0.25) is 9.78 Å². The molecular weight excluding hydrogens is 353 g/mol. The maximum Gasteiger partial charge on any atom is 0.252 e. The molecule has 0 unspecified atom stereocenters. The minimum atomic E-state index is -0.265. The van der Waals surface area contributed by atoms with E-state index in [4.69, 9.17) is 0 Å². The van der Waals surface area contributed by atoms with E-state index in [-0.39, 0.29) is 11.7 Å². The summed E-state index contributed by atoms with van der Waals surface area (Å²) in [4.78, 5) is 21.7. The third kappa shape index (κ3) is 3.88. The summed E-state index contributed by atoms with van der Waals surface area (Å²) >= 11 is 0. The molecule has 4 rings (SSSR count). The van der Waals surface area contributed by atoms with E-state index in [1.165, 1.54) is 12.1 Å². The Labute approximate surface area is 162 Å². The lowest BCUT2D eigenvalue weighted by Crippen LogP contribution is -2.26. The zero-order chi connectivity index (χ0) is 19.3. The standard InChI is InChI=1S/C23H18FN3O/c24-18-9-7-16(8-10-18)11-13-26-23(28)20-14-22(17-4-3-12-25-15-17)27-21-6-2-1-5-19(20)21/h1-10,12,14-15H,11,13H2,(H,26,28). The molecule has 1 N–H and O–H groups in total. The van der Waals surface area contributed by atoms with Gasteiger partial charge in [-0.05, 0) is 48.4 Å². The number of benzene rings is 2. The van der Waals surface area contributed by atoms with E-state index < -0.39 is 0 Å². The van der Waals surface area contributed by atoms with E-state index in [2.05, 4.69) is 15.3 Å². The summed E-state index contributed by atoms with van der Waals surface area (Å²) in [5.41, 5.74) is 3.86. The number of hydrogen-bond acceptors (Lipinski definition) is 3. The van der Waals surface area contributed by atoms with E-state index >= 15 is 0 Å². The second-order valence-corrected chi connectivity index (χ2v) is 6.45. The van der Waals surface area contributed by atoms with Gasteiger partial charge in [-0.15, -0.1) is 0 Å². The summed E-state index contributed by atoms with van der Waals surface area (Å²) in [6, 6.07) is 19.4. The number of nitrogens with one attached hydrogen (secondary N) is 1. The Kier molecular flexibility index (Phi) is 5.06. The molecular formula is C23H18FN3O. The summed E-state index contributed by atoms with van der Waals surface area (Å²) in [5, 5.41) is 3.76. The Hall–Kier alpha value is -3.60. The van der Waals surface area contributed by atoms with Crippen molar-refractivity contribution in [1.82, 2.24) is 15.3 Å². The number of hydrogen-bond donors (Lipinski definition) is 1. The van der Waals surface area contributed by atoms with E-state index in [1.807, 2.05) is 36.4 Å². The van der Waals surface area contributed by atoms with Gasteiger partial charge in [0.1, 0.15) is 5.82 Å². The highest BCUT2D eigenvalue weighted by molar-refractivity contribution is 6.07. The normalized spacial score (nSPS) is 10.8. The molecule has 0 fully saturated rings. The Morgan fingerprint density at radius 1 is 1.00 bits per heavy atom. The van der Waals surface area contributed by atoms with Gasteiger partial charge in [0.25, 0.3) is 5.91 Å². The van der Waals surface area contributed by atoms with Crippen molar-refractivity contribution < 1.29 is 9.18 Å². The largest absolute Gasteiger partial charge is 0.352 e. The molecule has 0 saturated heterocycles. The maximum atomic E-state index is 13.0. The number of pyridine rings is 2. The highest BCUT2D eigenvalue weighted by Gasteiger charge is 2.13. The van der Waals surface area contributed by atoms with Crippen molar-refractivity contribution >= 4 is 16.8 Å². The molecule has 0 aliphatic carbocycles. The smallest absolute Gasteiger partial charge is 0.252 e. The molecule has 0 bridgehead atoms. The van der Waals surface area contributed by atoms with Crippen LogP contribution in [-0.2, 0) is 6.42 Å². The van der Waals surface area contributed by atoms with Gasteiger partial charge in [-0.1, -0.05) is 30.3 Å². The van der Waals surface area contributed by atoms with Gasteiger partial charge < -0.3 is 5.32 Å². The molecule has 0 spiro atoms. The van der Waals surface area contributed by atoms with Crippen molar-refractivity contribution in [1.29, 1.82) is 0 Å². The van der Waals surface area contributed by atoms with Crippen LogP contribution in [0.15, 0.2) is 79.1 Å². The van der Waals surface area contributed by atoms with Crippen LogP contribution in [0.1, 0.15) is 15.9 Å². The zero-order valence-corrected chi connectivity index (χ0v) is 15.1. The van der Waals surface area contributed by atoms with Crippen LogP contribution >= 0.6 is 0 Å². The van der Waals surface area contributed by atoms with Gasteiger partial charge in [-0.25, -0.2) is 9.37 Å². The van der Waals surface area contributed by atoms with Crippen molar-refractivity contribution in [2.75, 3.05) is 6.54 Å². The fraction of sp³-hybridized carbons (Fsp3) is 0.0870. The number of rotatable bonds is 5. The quantitative estimate of drug-likeness (QED) is 0.565. The Morgan fingerprint density at radius 3 is 2.61 bits per heavy atom. The van der Waals surface area contributed by atoms with Crippen LogP contribution in [0.25, 0.3) is 22.2 Å². The number of carbonyl (C=O) groups is 1. The van der Waals surface area contributed by atoms with E-state index in [9.17, 15) is 9.18 Å². The lowest BCUT2D eigenvalue weighted by atomic mass is 10.0. The van der Waals surface area contributed by atoms with Crippen molar-refractivity contribution in [2.24, 2.45) is 0 Å². The maximum absolute atomic E-state index is 13.0. The number of aromatic nitrogens is 2. The number of carbonyl (C=O) groups excluding carboxylic acids is 1. The molecule has 28 heavy (non-hydrogen) atoms. The van der Waals surface area contributed by atoms with Crippen LogP contribution in [0.2, 0.25) is 0 Å². The third-order valence-electron chi connectivity index (χ3n) is 4.53. The highest BCUT2D eigenvalue weighted by Crippen LogP contribution is 2.24. The van der Waals surface area contributed by atoms with E-state index in [0.29, 0.717) is 24.2 Å². The van der Waals surface area contributed by atoms with E-state index in [0.717, 1.165) is 22.0 Å². The van der Waals surface area contributed by atoms with Crippen molar-refractivity contribution in [3.05, 3.63) is 96.1 Å². The van der Waals surface area contributed by atoms with Gasteiger partial charge in [0.15, 0.2) is 0 Å². The highest BCUT2D eigenvalue weighted by atomic mass is 19.1. The van der Waals surface area contributed by atoms with Gasteiger partial charge in [0.2, 0.25) is 0 Å². The van der Waals surface area contributed by atoms with Crippen molar-refractivity contribution in [3.63, 3.8) is 0 Å². The summed E-state index contributed by atoms with van der Waals surface area (Å²) in [7, 11) is 0. The fourth-order valence-corrected chi connectivity index (χ4v) is 3.09. The Bertz CT molecular complexity index is 1110. The van der Waals surface area contributed by atoms with Gasteiger partial charge in [0, 0.05) is 29.9 Å². The number of fused-ring (bicyclic) bond motifs is 1. The first-order chi connectivity index (χ1) is 13.7. The number of halogens is 1. The molecule has 4 nitrogen and oxygen atoms in total. The molecule has 0 aliphatic heterocycles. The molecule has 2 aromatic heterocycles. The fourth-order valence-electron chi connectivity index (χ4n) is 3.09. The zero-order valence-electron chi connectivity index (χ0n) is 15.1. The molecule has 4 aromatic rings. The second-order valence-electron chi connectivity index (χ2n) is 6.45. The number of nitrogens with zero attached hydrogens (tertiary/aromatic N) is 2. The first-order valence-corrected chi connectivity index (χ1v) is 9.03. The summed E-state index contributed by atoms with van der Waals surface area (Å²) < 4.78 is 13.0. The van der Waals surface area contributed by atoms with Crippen molar-refractivity contribution in [3.8, 4) is 11.3 Å². The van der Waals surface area contributed by atoms with Crippen LogP contribution in [0.3, 0.4) is 0 Å². The summed E-state index contributed by atoms with van der Waals surface area (Å²) in [6.45, 7) is 0.462. The molecule has 1 amide bonds. The minimum absolute atomic E-state index is 0.161. The van der Waals surface area contributed by atoms with Crippen LogP contribution in [0.5, 0.6) is 0 Å². The molecule has 0 aliphatic rings. The summed E-state index contributed by atoms with van der Waals surface area (Å²) in [6.07, 6.45) is 4.06. The topological polar surface area (TPSA) is 54.9 Å². The van der Waals surface area contributed by atoms with Gasteiger partial charge in [0.05, 0.1) is 16.8 Å². The lowest BCUT2D eigenvalue weighted by Gasteiger charge is -2.10. The molecule has 0 atom stereocenters. The first-order valence-electron chi connectivity index (χ1n) is 9.03. The Balaban J connectivity index is 1.59. The SMILES string of the molecule is O=C(NCCc1ccc(F)cc1)c1cc(-c2cccnc2)nc2ccccc12. The molecule has 138 valence electrons. The van der Waals surface area contributed by atoms with Crippen LogP contribution < -0.4 is 5.32 Å². The predicted molar refractivity (Wildman–Crippen MR) is 107 cm³/mol. The average molecular weight is 371 g/mol.